The lowest BCUT2D eigenvalue weighted by Crippen LogP contribution is -2.55. The third-order valence-corrected chi connectivity index (χ3v) is 10.9. The van der Waals surface area contributed by atoms with Crippen molar-refractivity contribution < 1.29 is 26.3 Å². The predicted octanol–water partition coefficient (Wildman–Crippen LogP) is 5.16. The van der Waals surface area contributed by atoms with E-state index in [1.54, 1.807) is 31.2 Å². The minimum absolute atomic E-state index is 0.0236. The lowest BCUT2D eigenvalue weighted by molar-refractivity contribution is 0.211. The number of ether oxygens (including phenoxy) is 2. The Morgan fingerprint density at radius 3 is 1.56 bits per heavy atom. The Hall–Kier alpha value is -2.14. The van der Waals surface area contributed by atoms with Gasteiger partial charge in [-0.15, -0.1) is 0 Å². The molecule has 0 N–H and O–H groups in total. The Kier molecular flexibility index (Phi) is 9.17. The predicted molar refractivity (Wildman–Crippen MR) is 155 cm³/mol. The lowest BCUT2D eigenvalue weighted by Gasteiger charge is -2.38. The van der Waals surface area contributed by atoms with E-state index >= 15 is 0 Å². The summed E-state index contributed by atoms with van der Waals surface area (Å²) in [7, 11) is -7.91. The van der Waals surface area contributed by atoms with Crippen LogP contribution in [0.1, 0.15) is 73.4 Å². The van der Waals surface area contributed by atoms with Crippen LogP contribution in [0.2, 0.25) is 0 Å². The van der Waals surface area contributed by atoms with Gasteiger partial charge in [0.2, 0.25) is 20.0 Å². The Labute approximate surface area is 235 Å². The van der Waals surface area contributed by atoms with Crippen LogP contribution in [0.3, 0.4) is 0 Å². The van der Waals surface area contributed by atoms with Crippen LogP contribution in [0.5, 0.6) is 11.5 Å². The summed E-state index contributed by atoms with van der Waals surface area (Å²) in [6, 6.07) is 9.97. The molecule has 1 aliphatic heterocycles. The van der Waals surface area contributed by atoms with Crippen LogP contribution in [-0.4, -0.2) is 64.3 Å². The molecule has 2 aromatic carbocycles. The Morgan fingerprint density at radius 1 is 0.744 bits per heavy atom. The smallest absolute Gasteiger partial charge is 0.247 e. The summed E-state index contributed by atoms with van der Waals surface area (Å²) in [4.78, 5) is 0.216. The average molecular weight is 581 g/mol. The van der Waals surface area contributed by atoms with Crippen molar-refractivity contribution in [3.63, 3.8) is 0 Å². The second-order valence-corrected chi connectivity index (χ2v) is 15.8. The standard InChI is InChI=1S/C29H44N2O6S2/c1-10-36-24-14-12-22(28(4,5)6)18-26(24)38(32,33)30-16-17-31(21(3)20-30)39(34,35)27-19-23(29(7,8)9)13-15-25(27)37-11-2/h12-15,18-19,21H,10-11,16-17,20H2,1-9H3/t21-/m1/s1. The van der Waals surface area contributed by atoms with E-state index in [0.717, 1.165) is 11.1 Å². The molecule has 10 heteroatoms. The van der Waals surface area contributed by atoms with Crippen LogP contribution in [0.15, 0.2) is 46.2 Å². The van der Waals surface area contributed by atoms with E-state index in [9.17, 15) is 16.8 Å². The molecule has 1 heterocycles. The second kappa shape index (κ2) is 11.4. The first-order valence-corrected chi connectivity index (χ1v) is 16.4. The van der Waals surface area contributed by atoms with Crippen molar-refractivity contribution in [3.8, 4) is 11.5 Å². The van der Waals surface area contributed by atoms with Crippen molar-refractivity contribution in [2.24, 2.45) is 0 Å². The molecule has 0 amide bonds. The molecule has 1 aliphatic rings. The van der Waals surface area contributed by atoms with Crippen LogP contribution in [0.4, 0.5) is 0 Å². The van der Waals surface area contributed by atoms with Crippen LogP contribution >= 0.6 is 0 Å². The molecular weight excluding hydrogens is 536 g/mol. The van der Waals surface area contributed by atoms with Gasteiger partial charge in [-0.25, -0.2) is 16.8 Å². The molecular formula is C29H44N2O6S2. The molecule has 218 valence electrons. The number of nitrogens with zero attached hydrogens (tertiary/aromatic N) is 2. The summed E-state index contributed by atoms with van der Waals surface area (Å²) in [5.74, 6) is 0.599. The highest BCUT2D eigenvalue weighted by Crippen LogP contribution is 2.36. The fraction of sp³-hybridized carbons (Fsp3) is 0.586. The number of sulfonamides is 2. The zero-order valence-corrected chi connectivity index (χ0v) is 26.4. The van der Waals surface area contributed by atoms with E-state index < -0.39 is 26.1 Å². The second-order valence-electron chi connectivity index (χ2n) is 12.0. The zero-order valence-electron chi connectivity index (χ0n) is 24.7. The van der Waals surface area contributed by atoms with Crippen LogP contribution in [-0.2, 0) is 30.9 Å². The summed E-state index contributed by atoms with van der Waals surface area (Å²) in [6.07, 6.45) is 0. The normalized spacial score (nSPS) is 18.2. The van der Waals surface area contributed by atoms with Crippen molar-refractivity contribution >= 4 is 20.0 Å². The Morgan fingerprint density at radius 2 is 1.18 bits per heavy atom. The summed E-state index contributed by atoms with van der Waals surface area (Å²) in [5.41, 5.74) is 1.24. The van der Waals surface area contributed by atoms with Crippen molar-refractivity contribution in [2.45, 2.75) is 89.0 Å². The van der Waals surface area contributed by atoms with Gasteiger partial charge in [0.05, 0.1) is 13.2 Å². The SMILES string of the molecule is CCOc1ccc(C(C)(C)C)cc1S(=O)(=O)N1CCN(S(=O)(=O)c2cc(C(C)(C)C)ccc2OCC)[C@H](C)C1. The molecule has 0 saturated carbocycles. The van der Waals surface area contributed by atoms with Gasteiger partial charge in [0.1, 0.15) is 21.3 Å². The lowest BCUT2D eigenvalue weighted by atomic mass is 9.87. The average Bonchev–Trinajstić information content (AvgIpc) is 2.83. The van der Waals surface area contributed by atoms with Crippen molar-refractivity contribution in [3.05, 3.63) is 47.5 Å². The monoisotopic (exact) mass is 580 g/mol. The zero-order chi connectivity index (χ0) is 29.4. The largest absolute Gasteiger partial charge is 0.492 e. The first-order valence-electron chi connectivity index (χ1n) is 13.5. The molecule has 39 heavy (non-hydrogen) atoms. The van der Waals surface area contributed by atoms with Gasteiger partial charge in [-0.1, -0.05) is 53.7 Å². The number of hydrogen-bond donors (Lipinski definition) is 0. The molecule has 8 nitrogen and oxygen atoms in total. The highest BCUT2D eigenvalue weighted by Gasteiger charge is 2.40. The van der Waals surface area contributed by atoms with Crippen LogP contribution in [0.25, 0.3) is 0 Å². The highest BCUT2D eigenvalue weighted by atomic mass is 32.2. The minimum Gasteiger partial charge on any atom is -0.492 e. The van der Waals surface area contributed by atoms with Crippen molar-refractivity contribution in [1.29, 1.82) is 0 Å². The van der Waals surface area contributed by atoms with Gasteiger partial charge in [-0.3, -0.25) is 0 Å². The molecule has 0 spiro atoms. The third kappa shape index (κ3) is 6.61. The first kappa shape index (κ1) is 31.4. The quantitative estimate of drug-likeness (QED) is 0.428. The molecule has 0 aromatic heterocycles. The highest BCUT2D eigenvalue weighted by molar-refractivity contribution is 7.89. The molecule has 2 aromatic rings. The van der Waals surface area contributed by atoms with Gasteiger partial charge < -0.3 is 9.47 Å². The van der Waals surface area contributed by atoms with Crippen molar-refractivity contribution in [2.75, 3.05) is 32.8 Å². The summed E-state index contributed by atoms with van der Waals surface area (Å²) >= 11 is 0. The number of rotatable bonds is 8. The fourth-order valence-corrected chi connectivity index (χ4v) is 8.09. The van der Waals surface area contributed by atoms with Crippen molar-refractivity contribution in [1.82, 2.24) is 8.61 Å². The molecule has 0 radical (unpaired) electrons. The first-order chi connectivity index (χ1) is 17.9. The molecule has 3 rings (SSSR count). The Balaban J connectivity index is 1.97. The number of benzene rings is 2. The Bertz CT molecular complexity index is 1390. The van der Waals surface area contributed by atoms with Gasteiger partial charge in [-0.05, 0) is 67.0 Å². The molecule has 0 bridgehead atoms. The summed E-state index contributed by atoms with van der Waals surface area (Å²) < 4.78 is 69.8. The van der Waals surface area contributed by atoms with Crippen LogP contribution in [0, 0.1) is 0 Å². The summed E-state index contributed by atoms with van der Waals surface area (Å²) in [6.45, 7) is 18.2. The molecule has 1 fully saturated rings. The maximum Gasteiger partial charge on any atom is 0.247 e. The molecule has 0 unspecified atom stereocenters. The van der Waals surface area contributed by atoms with E-state index in [-0.39, 0.29) is 40.3 Å². The van der Waals surface area contributed by atoms with E-state index in [1.807, 2.05) is 67.5 Å². The minimum atomic E-state index is -3.96. The molecule has 1 saturated heterocycles. The van der Waals surface area contributed by atoms with Gasteiger partial charge in [-0.2, -0.15) is 8.61 Å². The number of hydrogen-bond acceptors (Lipinski definition) is 6. The fourth-order valence-electron chi connectivity index (χ4n) is 4.65. The van der Waals surface area contributed by atoms with Crippen LogP contribution < -0.4 is 9.47 Å². The third-order valence-electron chi connectivity index (χ3n) is 6.95. The molecule has 1 atom stereocenters. The molecule has 0 aliphatic carbocycles. The van der Waals surface area contributed by atoms with E-state index in [1.165, 1.54) is 8.61 Å². The van der Waals surface area contributed by atoms with Gasteiger partial charge >= 0.3 is 0 Å². The van der Waals surface area contributed by atoms with E-state index in [0.29, 0.717) is 24.7 Å². The van der Waals surface area contributed by atoms with E-state index in [2.05, 4.69) is 0 Å². The van der Waals surface area contributed by atoms with Gasteiger partial charge in [0.15, 0.2) is 0 Å². The van der Waals surface area contributed by atoms with Gasteiger partial charge in [0.25, 0.3) is 0 Å². The maximum atomic E-state index is 14.0. The maximum absolute atomic E-state index is 14.0. The van der Waals surface area contributed by atoms with E-state index in [4.69, 9.17) is 9.47 Å². The summed E-state index contributed by atoms with van der Waals surface area (Å²) in [5, 5.41) is 0. The topological polar surface area (TPSA) is 93.2 Å². The van der Waals surface area contributed by atoms with Gasteiger partial charge in [0, 0.05) is 25.7 Å². The number of piperazine rings is 1.